The van der Waals surface area contributed by atoms with Crippen LogP contribution in [-0.4, -0.2) is 14.9 Å². The van der Waals surface area contributed by atoms with Crippen molar-refractivity contribution in [1.82, 2.24) is 9.13 Å². The van der Waals surface area contributed by atoms with Crippen molar-refractivity contribution in [2.75, 3.05) is 0 Å². The molecule has 0 unspecified atom stereocenters. The van der Waals surface area contributed by atoms with E-state index in [1.165, 1.54) is 0 Å². The third-order valence-corrected chi connectivity index (χ3v) is 8.87. The highest BCUT2D eigenvalue weighted by Crippen LogP contribution is 2.29. The van der Waals surface area contributed by atoms with E-state index < -0.39 is 0 Å². The average Bonchev–Trinajstić information content (AvgIpc) is 3.59. The topological polar surface area (TPSA) is 34.7 Å². The second kappa shape index (κ2) is 11.1. The van der Waals surface area contributed by atoms with Crippen LogP contribution in [0.3, 0.4) is 0 Å². The van der Waals surface area contributed by atoms with Crippen molar-refractivity contribution in [2.24, 2.45) is 14.1 Å². The lowest BCUT2D eigenvalue weighted by Crippen LogP contribution is -2.30. The number of hydrogen-bond donors (Lipinski definition) is 0. The zero-order chi connectivity index (χ0) is 31.2. The quantitative estimate of drug-likeness (QED) is 0.143. The normalized spacial score (nSPS) is 11.3. The number of fused-ring (bicyclic) bond motifs is 2. The Morgan fingerprint density at radius 2 is 0.783 bits per heavy atom. The first-order valence-corrected chi connectivity index (χ1v) is 15.5. The molecule has 0 aliphatic rings. The Morgan fingerprint density at radius 1 is 0.435 bits per heavy atom. The molecule has 5 heteroatoms. The molecule has 0 aliphatic carbocycles. The minimum Gasteiger partial charge on any atom is -0.289 e. The molecule has 6 aromatic carbocycles. The molecular weight excluding hydrogens is 564 g/mol. The van der Waals surface area contributed by atoms with E-state index in [1.807, 2.05) is 60.7 Å². The van der Waals surface area contributed by atoms with Gasteiger partial charge in [0.2, 0.25) is 0 Å². The molecule has 0 amide bonds. The predicted octanol–water partition coefficient (Wildman–Crippen LogP) is 7.79. The van der Waals surface area contributed by atoms with Crippen molar-refractivity contribution < 1.29 is 13.9 Å². The molecule has 2 aromatic heterocycles. The number of rotatable bonds is 6. The van der Waals surface area contributed by atoms with Crippen LogP contribution in [0.4, 0.5) is 0 Å². The summed E-state index contributed by atoms with van der Waals surface area (Å²) in [5.74, 6) is 2.11. The first-order valence-electron chi connectivity index (χ1n) is 15.5. The third kappa shape index (κ3) is 4.44. The van der Waals surface area contributed by atoms with E-state index in [1.54, 1.807) is 0 Å². The van der Waals surface area contributed by atoms with Gasteiger partial charge in [-0.3, -0.25) is 4.79 Å². The summed E-state index contributed by atoms with van der Waals surface area (Å²) < 4.78 is 8.98. The van der Waals surface area contributed by atoms with Crippen LogP contribution in [0.5, 0.6) is 0 Å². The number of imidazole rings is 2. The van der Waals surface area contributed by atoms with E-state index in [0.29, 0.717) is 11.1 Å². The molecule has 0 radical (unpaired) electrons. The summed E-state index contributed by atoms with van der Waals surface area (Å²) in [5, 5.41) is 0. The van der Waals surface area contributed by atoms with Crippen molar-refractivity contribution in [1.29, 1.82) is 0 Å². The molecule has 8 aromatic rings. The van der Waals surface area contributed by atoms with Gasteiger partial charge >= 0.3 is 0 Å². The van der Waals surface area contributed by atoms with Gasteiger partial charge in [-0.1, -0.05) is 84.9 Å². The van der Waals surface area contributed by atoms with E-state index in [2.05, 4.69) is 129 Å². The molecule has 0 fully saturated rings. The first kappa shape index (κ1) is 27.5. The number of aromatic nitrogens is 4. The van der Waals surface area contributed by atoms with Crippen LogP contribution >= 0.6 is 0 Å². The largest absolute Gasteiger partial charge is 0.294 e. The molecule has 220 valence electrons. The number of ketones is 1. The van der Waals surface area contributed by atoms with Crippen molar-refractivity contribution in [3.8, 4) is 34.2 Å². The van der Waals surface area contributed by atoms with Crippen molar-refractivity contribution in [2.45, 2.75) is 0 Å². The lowest BCUT2D eigenvalue weighted by molar-refractivity contribution is -0.633. The van der Waals surface area contributed by atoms with Crippen LogP contribution in [0.1, 0.15) is 15.9 Å². The summed E-state index contributed by atoms with van der Waals surface area (Å²) in [6.45, 7) is 0. The number of carbonyl (C=O) groups is 1. The number of carbonyl (C=O) groups excluding carboxylic acids is 1. The second-order valence-electron chi connectivity index (χ2n) is 11.6. The van der Waals surface area contributed by atoms with E-state index in [4.69, 9.17) is 0 Å². The average molecular weight is 597 g/mol. The van der Waals surface area contributed by atoms with E-state index >= 15 is 0 Å². The van der Waals surface area contributed by atoms with Gasteiger partial charge in [0, 0.05) is 11.1 Å². The number of hydrogen-bond acceptors (Lipinski definition) is 1. The molecule has 8 rings (SSSR count). The smallest absolute Gasteiger partial charge is 0.289 e. The Hall–Kier alpha value is -6.07. The van der Waals surface area contributed by atoms with Gasteiger partial charge in [0.1, 0.15) is 11.4 Å². The number of para-hydroxylation sites is 6. The highest BCUT2D eigenvalue weighted by Gasteiger charge is 2.27. The van der Waals surface area contributed by atoms with Crippen molar-refractivity contribution in [3.63, 3.8) is 0 Å². The van der Waals surface area contributed by atoms with Crippen molar-refractivity contribution >= 4 is 27.9 Å². The standard InChI is InChI=1S/C41H32N4O/c1-42-35-17-9-11-19-37(35)44(33-13-5-3-6-14-33)40(42)31-25-21-29(22-26-31)39(46)30-23-27-32(28-24-30)41-43(2)36-18-10-12-20-38(36)45(41)34-15-7-4-8-16-34/h3-28H,1-2H3/q+2. The molecule has 0 aliphatic heterocycles. The summed E-state index contributed by atoms with van der Waals surface area (Å²) in [6, 6.07) is 53.6. The SMILES string of the molecule is C[n+]1c(-c2ccc(C(=O)c3ccc(-c4n(-c5ccccc5)c5ccccc5[n+]4C)cc3)cc2)n(-c2ccccc2)c2ccccc21. The maximum absolute atomic E-state index is 13.7. The summed E-state index contributed by atoms with van der Waals surface area (Å²) in [4.78, 5) is 13.7. The van der Waals surface area contributed by atoms with Crippen LogP contribution in [-0.2, 0) is 14.1 Å². The third-order valence-electron chi connectivity index (χ3n) is 8.87. The van der Waals surface area contributed by atoms with Crippen molar-refractivity contribution in [3.05, 3.63) is 169 Å². The van der Waals surface area contributed by atoms with Crippen LogP contribution in [0.25, 0.3) is 56.2 Å². The number of benzene rings is 6. The second-order valence-corrected chi connectivity index (χ2v) is 11.6. The fraction of sp³-hybridized carbons (Fsp3) is 0.0488. The fourth-order valence-electron chi connectivity index (χ4n) is 6.66. The van der Waals surface area contributed by atoms with Gasteiger partial charge in [-0.2, -0.15) is 9.13 Å². The molecule has 0 saturated carbocycles. The Morgan fingerprint density at radius 3 is 1.17 bits per heavy atom. The van der Waals surface area contributed by atoms with Gasteiger partial charge in [0.15, 0.2) is 27.9 Å². The van der Waals surface area contributed by atoms with Gasteiger partial charge in [-0.05, 0) is 72.8 Å². The first-order chi connectivity index (χ1) is 22.6. The zero-order valence-corrected chi connectivity index (χ0v) is 25.7. The Labute approximate surface area is 267 Å². The molecule has 5 nitrogen and oxygen atoms in total. The maximum Gasteiger partial charge on any atom is 0.294 e. The number of nitrogens with zero attached hydrogens (tertiary/aromatic N) is 4. The monoisotopic (exact) mass is 596 g/mol. The lowest BCUT2D eigenvalue weighted by Gasteiger charge is -2.07. The van der Waals surface area contributed by atoms with Gasteiger partial charge in [-0.15, -0.1) is 0 Å². The predicted molar refractivity (Wildman–Crippen MR) is 183 cm³/mol. The molecule has 0 atom stereocenters. The zero-order valence-electron chi connectivity index (χ0n) is 25.7. The van der Waals surface area contributed by atoms with Gasteiger partial charge in [-0.25, -0.2) is 9.13 Å². The maximum atomic E-state index is 13.7. The van der Waals surface area contributed by atoms with Crippen LogP contribution in [0.15, 0.2) is 158 Å². The van der Waals surface area contributed by atoms with Gasteiger partial charge in [0.25, 0.3) is 11.6 Å². The molecule has 0 spiro atoms. The van der Waals surface area contributed by atoms with E-state index in [-0.39, 0.29) is 5.78 Å². The van der Waals surface area contributed by atoms with E-state index in [0.717, 1.165) is 56.2 Å². The molecule has 0 bridgehead atoms. The lowest BCUT2D eigenvalue weighted by atomic mass is 10.0. The van der Waals surface area contributed by atoms with Crippen LogP contribution < -0.4 is 9.13 Å². The number of aryl methyl sites for hydroxylation is 2. The minimum absolute atomic E-state index is 0.000874. The summed E-state index contributed by atoms with van der Waals surface area (Å²) >= 11 is 0. The molecule has 0 saturated heterocycles. The van der Waals surface area contributed by atoms with Crippen LogP contribution in [0.2, 0.25) is 0 Å². The highest BCUT2D eigenvalue weighted by atomic mass is 16.1. The fourth-order valence-corrected chi connectivity index (χ4v) is 6.66. The molecule has 46 heavy (non-hydrogen) atoms. The summed E-state index contributed by atoms with van der Waals surface area (Å²) in [6.07, 6.45) is 0. The molecule has 2 heterocycles. The van der Waals surface area contributed by atoms with E-state index in [9.17, 15) is 4.79 Å². The Balaban J connectivity index is 1.15. The highest BCUT2D eigenvalue weighted by molar-refractivity contribution is 6.09. The summed E-state index contributed by atoms with van der Waals surface area (Å²) in [5.41, 5.74) is 10.1. The van der Waals surface area contributed by atoms with Gasteiger partial charge in [0.05, 0.1) is 25.2 Å². The molecular formula is C41H32N4O+2. The minimum atomic E-state index is -0.000874. The molecule has 0 N–H and O–H groups in total. The Bertz CT molecular complexity index is 2200. The van der Waals surface area contributed by atoms with Gasteiger partial charge < -0.3 is 0 Å². The Kier molecular flexibility index (Phi) is 6.65. The van der Waals surface area contributed by atoms with Crippen LogP contribution in [0, 0.1) is 0 Å². The summed E-state index contributed by atoms with van der Waals surface area (Å²) in [7, 11) is 4.18.